The van der Waals surface area contributed by atoms with Crippen molar-refractivity contribution in [3.8, 4) is 0 Å². The first kappa shape index (κ1) is 72.8. The van der Waals surface area contributed by atoms with Crippen LogP contribution in [0.1, 0.15) is 290 Å². The average molecular weight is 1070 g/mol. The standard InChI is InChI=1S/C71H118O6/c1-4-7-10-13-16-19-22-25-28-31-33-34-35-36-38-40-43-46-49-52-55-58-61-64-70(73)76-67-68(66-75-69(72)63-60-57-54-51-48-45-42-39-30-27-24-21-18-15-12-9-6-3)77-71(74)65-62-59-56-53-50-47-44-41-37-32-29-26-23-20-17-14-11-8-5-2/h7-8,10-11,16-17,19-20,25-30,33-34,36-38,41,68H,4-6,9,12-15,18,21-24,31-32,35,39-40,42-67H2,1-3H3/b10-7-,11-8-,19-16-,20-17-,28-25-,29-26-,30-27-,34-33-,38-36-,41-37-. The van der Waals surface area contributed by atoms with E-state index in [9.17, 15) is 14.4 Å². The van der Waals surface area contributed by atoms with E-state index in [1.54, 1.807) is 0 Å². The zero-order valence-electron chi connectivity index (χ0n) is 50.2. The highest BCUT2D eigenvalue weighted by Gasteiger charge is 2.19. The molecule has 0 fully saturated rings. The number of carbonyl (C=O) groups is 3. The summed E-state index contributed by atoms with van der Waals surface area (Å²) in [6.07, 6.45) is 89.0. The van der Waals surface area contributed by atoms with Gasteiger partial charge in [-0.15, -0.1) is 0 Å². The molecule has 6 nitrogen and oxygen atoms in total. The summed E-state index contributed by atoms with van der Waals surface area (Å²) >= 11 is 0. The summed E-state index contributed by atoms with van der Waals surface area (Å²) in [5, 5.41) is 0. The van der Waals surface area contributed by atoms with Gasteiger partial charge in [-0.2, -0.15) is 0 Å². The predicted octanol–water partition coefficient (Wildman–Crippen LogP) is 22.0. The zero-order chi connectivity index (χ0) is 55.7. The van der Waals surface area contributed by atoms with Crippen LogP contribution in [0.25, 0.3) is 0 Å². The fourth-order valence-corrected chi connectivity index (χ4v) is 8.69. The van der Waals surface area contributed by atoms with Crippen LogP contribution in [0.5, 0.6) is 0 Å². The Morgan fingerprint density at radius 2 is 0.506 bits per heavy atom. The third kappa shape index (κ3) is 62.5. The van der Waals surface area contributed by atoms with E-state index < -0.39 is 6.10 Å². The second-order valence-electron chi connectivity index (χ2n) is 20.9. The van der Waals surface area contributed by atoms with E-state index in [1.807, 2.05) is 0 Å². The van der Waals surface area contributed by atoms with Crippen molar-refractivity contribution in [2.24, 2.45) is 0 Å². The normalized spacial score (nSPS) is 12.9. The van der Waals surface area contributed by atoms with Gasteiger partial charge < -0.3 is 14.2 Å². The van der Waals surface area contributed by atoms with Crippen LogP contribution in [0.3, 0.4) is 0 Å². The minimum Gasteiger partial charge on any atom is -0.462 e. The Hall–Kier alpha value is -4.19. The molecule has 0 heterocycles. The number of carbonyl (C=O) groups excluding carboxylic acids is 3. The number of unbranched alkanes of at least 4 members (excludes halogenated alkanes) is 26. The summed E-state index contributed by atoms with van der Waals surface area (Å²) in [4.78, 5) is 38.4. The van der Waals surface area contributed by atoms with Crippen LogP contribution in [-0.2, 0) is 28.6 Å². The number of esters is 3. The summed E-state index contributed by atoms with van der Waals surface area (Å²) in [6, 6.07) is 0. The molecular formula is C71H118O6. The molecule has 0 amide bonds. The van der Waals surface area contributed by atoms with Gasteiger partial charge in [-0.1, -0.05) is 264 Å². The van der Waals surface area contributed by atoms with Crippen molar-refractivity contribution in [2.75, 3.05) is 13.2 Å². The van der Waals surface area contributed by atoms with Crippen molar-refractivity contribution < 1.29 is 28.6 Å². The van der Waals surface area contributed by atoms with E-state index in [0.717, 1.165) is 135 Å². The van der Waals surface area contributed by atoms with Crippen molar-refractivity contribution in [1.29, 1.82) is 0 Å². The van der Waals surface area contributed by atoms with E-state index in [0.29, 0.717) is 19.3 Å². The van der Waals surface area contributed by atoms with Crippen molar-refractivity contribution in [3.63, 3.8) is 0 Å². The Bertz CT molecular complexity index is 1600. The van der Waals surface area contributed by atoms with Crippen LogP contribution in [0.15, 0.2) is 122 Å². The first-order valence-corrected chi connectivity index (χ1v) is 32.0. The minimum atomic E-state index is -0.797. The molecule has 0 aliphatic heterocycles. The molecule has 0 aliphatic rings. The second-order valence-corrected chi connectivity index (χ2v) is 20.9. The number of rotatable bonds is 57. The molecule has 1 atom stereocenters. The Balaban J connectivity index is 4.44. The summed E-state index contributed by atoms with van der Waals surface area (Å²) in [6.45, 7) is 6.40. The molecule has 0 aromatic heterocycles. The second kappa shape index (κ2) is 64.3. The van der Waals surface area contributed by atoms with Gasteiger partial charge in [0, 0.05) is 19.3 Å². The van der Waals surface area contributed by atoms with Crippen LogP contribution in [0, 0.1) is 0 Å². The molecule has 0 N–H and O–H groups in total. The minimum absolute atomic E-state index is 0.0917. The summed E-state index contributed by atoms with van der Waals surface area (Å²) in [5.41, 5.74) is 0. The molecule has 0 saturated heterocycles. The van der Waals surface area contributed by atoms with Gasteiger partial charge in [0.2, 0.25) is 0 Å². The molecule has 0 spiro atoms. The highest BCUT2D eigenvalue weighted by Crippen LogP contribution is 2.15. The van der Waals surface area contributed by atoms with Crippen LogP contribution in [0.2, 0.25) is 0 Å². The quantitative estimate of drug-likeness (QED) is 0.0261. The Morgan fingerprint density at radius 1 is 0.273 bits per heavy atom. The molecule has 77 heavy (non-hydrogen) atoms. The van der Waals surface area contributed by atoms with Crippen LogP contribution in [-0.4, -0.2) is 37.2 Å². The van der Waals surface area contributed by atoms with E-state index in [4.69, 9.17) is 14.2 Å². The molecule has 0 aromatic carbocycles. The number of hydrogen-bond acceptors (Lipinski definition) is 6. The number of allylic oxidation sites excluding steroid dienone is 20. The van der Waals surface area contributed by atoms with Crippen molar-refractivity contribution in [3.05, 3.63) is 122 Å². The molecule has 0 radical (unpaired) electrons. The maximum atomic E-state index is 12.9. The molecule has 0 aromatic rings. The summed E-state index contributed by atoms with van der Waals surface area (Å²) in [7, 11) is 0. The zero-order valence-corrected chi connectivity index (χ0v) is 50.2. The molecular weight excluding hydrogens is 949 g/mol. The highest BCUT2D eigenvalue weighted by molar-refractivity contribution is 5.71. The molecule has 0 bridgehead atoms. The lowest BCUT2D eigenvalue weighted by molar-refractivity contribution is -0.167. The Kier molecular flexibility index (Phi) is 60.8. The monoisotopic (exact) mass is 1070 g/mol. The third-order valence-electron chi connectivity index (χ3n) is 13.4. The number of ether oxygens (including phenoxy) is 3. The molecule has 6 heteroatoms. The fourth-order valence-electron chi connectivity index (χ4n) is 8.69. The van der Waals surface area contributed by atoms with Crippen molar-refractivity contribution in [2.45, 2.75) is 297 Å². The lowest BCUT2D eigenvalue weighted by Crippen LogP contribution is -2.30. The van der Waals surface area contributed by atoms with Crippen LogP contribution < -0.4 is 0 Å². The van der Waals surface area contributed by atoms with E-state index >= 15 is 0 Å². The van der Waals surface area contributed by atoms with Gasteiger partial charge >= 0.3 is 17.9 Å². The SMILES string of the molecule is CC/C=C\C/C=C\C/C=C\C/C=C\C/C=C\CCCCCCCCCC(=O)OCC(COC(=O)CCCCCCCCC/C=C\CCCCCCCC)OC(=O)CCCCCCCC/C=C\C/C=C\C/C=C\C/C=C\CC. The lowest BCUT2D eigenvalue weighted by atomic mass is 10.1. The van der Waals surface area contributed by atoms with Crippen LogP contribution >= 0.6 is 0 Å². The summed E-state index contributed by atoms with van der Waals surface area (Å²) in [5.74, 6) is -0.916. The van der Waals surface area contributed by atoms with Gasteiger partial charge in [-0.3, -0.25) is 14.4 Å². The van der Waals surface area contributed by atoms with Crippen LogP contribution in [0.4, 0.5) is 0 Å². The molecule has 1 unspecified atom stereocenters. The maximum Gasteiger partial charge on any atom is 0.306 e. The largest absolute Gasteiger partial charge is 0.462 e. The predicted molar refractivity (Wildman–Crippen MR) is 334 cm³/mol. The molecule has 438 valence electrons. The first-order valence-electron chi connectivity index (χ1n) is 32.0. The molecule has 0 aliphatic carbocycles. The van der Waals surface area contributed by atoms with Gasteiger partial charge in [0.1, 0.15) is 13.2 Å². The van der Waals surface area contributed by atoms with Gasteiger partial charge in [-0.25, -0.2) is 0 Å². The molecule has 0 rings (SSSR count). The molecule has 0 saturated carbocycles. The third-order valence-corrected chi connectivity index (χ3v) is 13.4. The topological polar surface area (TPSA) is 78.9 Å². The summed E-state index contributed by atoms with van der Waals surface area (Å²) < 4.78 is 16.9. The fraction of sp³-hybridized carbons (Fsp3) is 0.676. The van der Waals surface area contributed by atoms with E-state index in [-0.39, 0.29) is 31.1 Å². The van der Waals surface area contributed by atoms with E-state index in [2.05, 4.69) is 142 Å². The average Bonchev–Trinajstić information content (AvgIpc) is 3.43. The van der Waals surface area contributed by atoms with Crippen molar-refractivity contribution in [1.82, 2.24) is 0 Å². The Morgan fingerprint density at radius 3 is 0.805 bits per heavy atom. The smallest absolute Gasteiger partial charge is 0.306 e. The lowest BCUT2D eigenvalue weighted by Gasteiger charge is -2.18. The maximum absolute atomic E-state index is 12.9. The first-order chi connectivity index (χ1) is 38.0. The Labute approximate surface area is 475 Å². The van der Waals surface area contributed by atoms with Gasteiger partial charge in [0.15, 0.2) is 6.10 Å². The van der Waals surface area contributed by atoms with Crippen molar-refractivity contribution >= 4 is 17.9 Å². The highest BCUT2D eigenvalue weighted by atomic mass is 16.6. The van der Waals surface area contributed by atoms with Gasteiger partial charge in [-0.05, 0) is 128 Å². The number of hydrogen-bond donors (Lipinski definition) is 0. The van der Waals surface area contributed by atoms with E-state index in [1.165, 1.54) is 116 Å². The van der Waals surface area contributed by atoms with Gasteiger partial charge in [0.25, 0.3) is 0 Å². The van der Waals surface area contributed by atoms with Gasteiger partial charge in [0.05, 0.1) is 0 Å².